The van der Waals surface area contributed by atoms with E-state index in [-0.39, 0.29) is 0 Å². The van der Waals surface area contributed by atoms with Crippen LogP contribution in [-0.2, 0) is 13.5 Å². The molecule has 0 spiro atoms. The molecular formula is C13H16ClIN4. The maximum Gasteiger partial charge on any atom is 0.152 e. The van der Waals surface area contributed by atoms with Crippen molar-refractivity contribution in [1.29, 1.82) is 0 Å². The highest BCUT2D eigenvalue weighted by molar-refractivity contribution is 14.1. The molecule has 4 nitrogen and oxygen atoms in total. The Morgan fingerprint density at radius 1 is 1.47 bits per heavy atom. The minimum atomic E-state index is 0.718. The average molecular weight is 391 g/mol. The molecule has 2 aromatic rings. The smallest absolute Gasteiger partial charge is 0.152 e. The Bertz CT molecular complexity index is 595. The Labute approximate surface area is 131 Å². The van der Waals surface area contributed by atoms with Gasteiger partial charge >= 0.3 is 0 Å². The van der Waals surface area contributed by atoms with Gasteiger partial charge in [0.2, 0.25) is 0 Å². The Hall–Kier alpha value is -0.950. The lowest BCUT2D eigenvalue weighted by atomic mass is 10.2. The third-order valence-corrected chi connectivity index (χ3v) is 3.96. The Morgan fingerprint density at radius 3 is 2.84 bits per heavy atom. The van der Waals surface area contributed by atoms with Crippen molar-refractivity contribution in [1.82, 2.24) is 9.78 Å². The molecule has 1 heterocycles. The molecular weight excluding hydrogens is 375 g/mol. The quantitative estimate of drug-likeness (QED) is 0.777. The lowest BCUT2D eigenvalue weighted by Crippen LogP contribution is -2.02. The van der Waals surface area contributed by atoms with Gasteiger partial charge in [-0.05, 0) is 47.2 Å². The highest BCUT2D eigenvalue weighted by atomic mass is 127. The SMILES string of the molecule is CCCc1nn(C)c(Nc2ccc(Cl)cc2I)c1N. The van der Waals surface area contributed by atoms with Gasteiger partial charge in [-0.3, -0.25) is 4.68 Å². The molecule has 0 atom stereocenters. The number of benzene rings is 1. The topological polar surface area (TPSA) is 55.9 Å². The van der Waals surface area contributed by atoms with Gasteiger partial charge in [-0.25, -0.2) is 0 Å². The first-order valence-electron chi connectivity index (χ1n) is 6.06. The van der Waals surface area contributed by atoms with Crippen LogP contribution in [-0.4, -0.2) is 9.78 Å². The number of nitrogens with two attached hydrogens (primary N) is 1. The molecule has 0 amide bonds. The van der Waals surface area contributed by atoms with Crippen LogP contribution < -0.4 is 11.1 Å². The van der Waals surface area contributed by atoms with Crippen molar-refractivity contribution in [3.63, 3.8) is 0 Å². The zero-order valence-electron chi connectivity index (χ0n) is 10.9. The van der Waals surface area contributed by atoms with E-state index in [1.807, 2.05) is 25.2 Å². The zero-order chi connectivity index (χ0) is 14.0. The highest BCUT2D eigenvalue weighted by Crippen LogP contribution is 2.30. The van der Waals surface area contributed by atoms with Gasteiger partial charge in [-0.1, -0.05) is 24.9 Å². The minimum Gasteiger partial charge on any atom is -0.394 e. The summed E-state index contributed by atoms with van der Waals surface area (Å²) in [6.45, 7) is 2.11. The van der Waals surface area contributed by atoms with Crippen molar-refractivity contribution in [2.24, 2.45) is 7.05 Å². The molecule has 0 fully saturated rings. The molecule has 3 N–H and O–H groups in total. The van der Waals surface area contributed by atoms with E-state index in [2.05, 4.69) is 39.9 Å². The first-order valence-corrected chi connectivity index (χ1v) is 7.52. The van der Waals surface area contributed by atoms with E-state index < -0.39 is 0 Å². The highest BCUT2D eigenvalue weighted by Gasteiger charge is 2.13. The summed E-state index contributed by atoms with van der Waals surface area (Å²) < 4.78 is 2.83. The molecule has 1 aromatic heterocycles. The lowest BCUT2D eigenvalue weighted by Gasteiger charge is -2.10. The number of aryl methyl sites for hydroxylation is 2. The molecule has 19 heavy (non-hydrogen) atoms. The second-order valence-electron chi connectivity index (χ2n) is 4.33. The fourth-order valence-electron chi connectivity index (χ4n) is 1.88. The fraction of sp³-hybridized carbons (Fsp3) is 0.308. The monoisotopic (exact) mass is 390 g/mol. The number of aromatic nitrogens is 2. The van der Waals surface area contributed by atoms with E-state index in [4.69, 9.17) is 17.3 Å². The molecule has 0 aliphatic carbocycles. The van der Waals surface area contributed by atoms with Gasteiger partial charge in [-0.15, -0.1) is 0 Å². The predicted octanol–water partition coefficient (Wildman–Crippen LogP) is 3.96. The first kappa shape index (κ1) is 14.5. The van der Waals surface area contributed by atoms with E-state index in [0.717, 1.165) is 44.3 Å². The summed E-state index contributed by atoms with van der Waals surface area (Å²) in [5, 5.41) is 8.49. The van der Waals surface area contributed by atoms with Crippen molar-refractivity contribution in [3.8, 4) is 0 Å². The van der Waals surface area contributed by atoms with Crippen molar-refractivity contribution in [3.05, 3.63) is 32.5 Å². The third kappa shape index (κ3) is 3.14. The number of nitrogens with one attached hydrogen (secondary N) is 1. The molecule has 2 rings (SSSR count). The van der Waals surface area contributed by atoms with Gasteiger partial charge in [0.05, 0.1) is 17.1 Å². The summed E-state index contributed by atoms with van der Waals surface area (Å²) in [4.78, 5) is 0. The molecule has 0 aliphatic rings. The number of halogens is 2. The molecule has 0 bridgehead atoms. The minimum absolute atomic E-state index is 0.718. The Morgan fingerprint density at radius 2 is 2.21 bits per heavy atom. The van der Waals surface area contributed by atoms with Crippen LogP contribution in [0, 0.1) is 3.57 Å². The summed E-state index contributed by atoms with van der Waals surface area (Å²) in [7, 11) is 1.89. The van der Waals surface area contributed by atoms with Crippen LogP contribution in [0.3, 0.4) is 0 Å². The molecule has 6 heteroatoms. The summed E-state index contributed by atoms with van der Waals surface area (Å²) >= 11 is 8.20. The lowest BCUT2D eigenvalue weighted by molar-refractivity contribution is 0.740. The molecule has 1 aromatic carbocycles. The fourth-order valence-corrected chi connectivity index (χ4v) is 2.89. The average Bonchev–Trinajstić information content (AvgIpc) is 2.60. The second kappa shape index (κ2) is 6.00. The van der Waals surface area contributed by atoms with Crippen LogP contribution in [0.4, 0.5) is 17.2 Å². The number of nitrogens with zero attached hydrogens (tertiary/aromatic N) is 2. The molecule has 0 unspecified atom stereocenters. The normalized spacial score (nSPS) is 10.7. The summed E-state index contributed by atoms with van der Waals surface area (Å²) in [6.07, 6.45) is 1.91. The molecule has 102 valence electrons. The number of rotatable bonds is 4. The third-order valence-electron chi connectivity index (χ3n) is 2.83. The van der Waals surface area contributed by atoms with Gasteiger partial charge < -0.3 is 11.1 Å². The van der Waals surface area contributed by atoms with Crippen molar-refractivity contribution >= 4 is 51.4 Å². The largest absolute Gasteiger partial charge is 0.394 e. The maximum atomic E-state index is 6.14. The van der Waals surface area contributed by atoms with Crippen LogP contribution in [0.5, 0.6) is 0 Å². The Kier molecular flexibility index (Phi) is 4.57. The molecule has 0 saturated heterocycles. The standard InChI is InChI=1S/C13H16ClIN4/c1-3-4-11-12(16)13(19(2)18-11)17-10-6-5-8(14)7-9(10)15/h5-7,17H,3-4,16H2,1-2H3. The molecule has 0 aliphatic heterocycles. The van der Waals surface area contributed by atoms with Crippen molar-refractivity contribution in [2.45, 2.75) is 19.8 Å². The van der Waals surface area contributed by atoms with Crippen LogP contribution >= 0.6 is 34.2 Å². The summed E-state index contributed by atoms with van der Waals surface area (Å²) in [5.41, 5.74) is 8.78. The van der Waals surface area contributed by atoms with Crippen LogP contribution in [0.2, 0.25) is 5.02 Å². The predicted molar refractivity (Wildman–Crippen MR) is 89.1 cm³/mol. The number of nitrogen functional groups attached to an aromatic ring is 1. The van der Waals surface area contributed by atoms with Gasteiger partial charge in [0, 0.05) is 15.6 Å². The van der Waals surface area contributed by atoms with Gasteiger partial charge in [0.25, 0.3) is 0 Å². The van der Waals surface area contributed by atoms with E-state index in [1.54, 1.807) is 4.68 Å². The van der Waals surface area contributed by atoms with Gasteiger partial charge in [0.15, 0.2) is 5.82 Å². The second-order valence-corrected chi connectivity index (χ2v) is 5.93. The van der Waals surface area contributed by atoms with E-state index in [9.17, 15) is 0 Å². The van der Waals surface area contributed by atoms with E-state index in [0.29, 0.717) is 0 Å². The Balaban J connectivity index is 2.33. The maximum absolute atomic E-state index is 6.14. The van der Waals surface area contributed by atoms with Gasteiger partial charge in [-0.2, -0.15) is 5.10 Å². The first-order chi connectivity index (χ1) is 9.02. The number of hydrogen-bond donors (Lipinski definition) is 2. The number of hydrogen-bond acceptors (Lipinski definition) is 3. The van der Waals surface area contributed by atoms with E-state index in [1.165, 1.54) is 0 Å². The molecule has 0 saturated carbocycles. The van der Waals surface area contributed by atoms with Gasteiger partial charge in [0.1, 0.15) is 0 Å². The van der Waals surface area contributed by atoms with Crippen LogP contribution in [0.1, 0.15) is 19.0 Å². The van der Waals surface area contributed by atoms with Crippen LogP contribution in [0.25, 0.3) is 0 Å². The zero-order valence-corrected chi connectivity index (χ0v) is 13.8. The molecule has 0 radical (unpaired) electrons. The number of anilines is 3. The summed E-state index contributed by atoms with van der Waals surface area (Å²) in [6, 6.07) is 5.70. The van der Waals surface area contributed by atoms with Crippen molar-refractivity contribution < 1.29 is 0 Å². The summed E-state index contributed by atoms with van der Waals surface area (Å²) in [5.74, 6) is 0.823. The van der Waals surface area contributed by atoms with E-state index >= 15 is 0 Å². The van der Waals surface area contributed by atoms with Crippen molar-refractivity contribution in [2.75, 3.05) is 11.1 Å². The van der Waals surface area contributed by atoms with Crippen LogP contribution in [0.15, 0.2) is 18.2 Å².